The van der Waals surface area contributed by atoms with Crippen molar-refractivity contribution in [2.24, 2.45) is 0 Å². The molecule has 0 spiro atoms. The van der Waals surface area contributed by atoms with Crippen LogP contribution in [-0.4, -0.2) is 58.0 Å². The maximum atomic E-state index is 13.0. The fourth-order valence-electron chi connectivity index (χ4n) is 2.38. The van der Waals surface area contributed by atoms with Crippen LogP contribution in [0.5, 0.6) is 0 Å². The van der Waals surface area contributed by atoms with Crippen molar-refractivity contribution >= 4 is 24.1 Å². The van der Waals surface area contributed by atoms with Gasteiger partial charge in [-0.05, 0) is 89.0 Å². The Balaban J connectivity index is 5.99. The lowest BCUT2D eigenvalue weighted by Crippen LogP contribution is -2.53. The van der Waals surface area contributed by atoms with Crippen LogP contribution in [0.25, 0.3) is 0 Å². The van der Waals surface area contributed by atoms with Crippen molar-refractivity contribution < 1.29 is 38.1 Å². The second-order valence-electron chi connectivity index (χ2n) is 10.8. The van der Waals surface area contributed by atoms with Crippen molar-refractivity contribution in [2.45, 2.75) is 118 Å². The summed E-state index contributed by atoms with van der Waals surface area (Å²) in [4.78, 5) is 51.3. The lowest BCUT2D eigenvalue weighted by molar-refractivity contribution is -0.161. The molecule has 9 heteroatoms. The normalized spacial score (nSPS) is 13.5. The molecular weight excluding hydrogens is 430 g/mol. The van der Waals surface area contributed by atoms with Gasteiger partial charge in [-0.25, -0.2) is 19.2 Å². The molecule has 0 N–H and O–H groups in total. The van der Waals surface area contributed by atoms with Gasteiger partial charge in [0.15, 0.2) is 0 Å². The molecular formula is C24H41NO8. The van der Waals surface area contributed by atoms with Gasteiger partial charge in [0.1, 0.15) is 22.8 Å². The molecule has 0 aliphatic rings. The van der Waals surface area contributed by atoms with Gasteiger partial charge in [-0.2, -0.15) is 4.90 Å². The number of esters is 2. The summed E-state index contributed by atoms with van der Waals surface area (Å²) in [6, 6.07) is -1.33. The maximum Gasteiger partial charge on any atom is 0.420 e. The number of hydrogen-bond donors (Lipinski definition) is 0. The molecule has 0 aromatic carbocycles. The van der Waals surface area contributed by atoms with Crippen LogP contribution < -0.4 is 0 Å². The minimum atomic E-state index is -1.33. The van der Waals surface area contributed by atoms with Crippen LogP contribution in [-0.2, 0) is 28.5 Å². The van der Waals surface area contributed by atoms with E-state index in [0.717, 1.165) is 0 Å². The van der Waals surface area contributed by atoms with Crippen molar-refractivity contribution in [3.8, 4) is 0 Å². The number of nitrogens with zero attached hydrogens (tertiary/aromatic N) is 1. The van der Waals surface area contributed by atoms with Crippen LogP contribution in [0.15, 0.2) is 12.2 Å². The molecule has 0 radical (unpaired) electrons. The van der Waals surface area contributed by atoms with E-state index in [0.29, 0.717) is 4.90 Å². The van der Waals surface area contributed by atoms with Crippen LogP contribution in [0.1, 0.15) is 89.0 Å². The predicted octanol–water partition coefficient (Wildman–Crippen LogP) is 5.16. The number of imide groups is 1. The Bertz CT molecular complexity index is 692. The highest BCUT2D eigenvalue weighted by Gasteiger charge is 2.41. The Morgan fingerprint density at radius 1 is 0.758 bits per heavy atom. The van der Waals surface area contributed by atoms with Crippen molar-refractivity contribution in [2.75, 3.05) is 0 Å². The summed E-state index contributed by atoms with van der Waals surface area (Å²) in [5, 5.41) is 0. The van der Waals surface area contributed by atoms with Crippen LogP contribution in [0.3, 0.4) is 0 Å². The zero-order valence-electron chi connectivity index (χ0n) is 21.9. The van der Waals surface area contributed by atoms with Gasteiger partial charge in [0.2, 0.25) is 0 Å². The van der Waals surface area contributed by atoms with Gasteiger partial charge in [0.05, 0.1) is 6.10 Å². The predicted molar refractivity (Wildman–Crippen MR) is 124 cm³/mol. The standard InChI is InChI=1S/C24H41NO8/c1-16(2)30-18(26)15-13-12-14-17(19(27)31-22(3,4)5)25(20(28)32-23(6,7)8)21(29)33-24(9,10)11/h13,15-17H,12,14H2,1-11H3. The topological polar surface area (TPSA) is 108 Å². The summed E-state index contributed by atoms with van der Waals surface area (Å²) in [6.45, 7) is 18.3. The first-order chi connectivity index (χ1) is 14.7. The SMILES string of the molecule is CC(C)OC(=O)C=CCCC(C(=O)OC(C)(C)C)N(C(=O)OC(C)(C)C)C(=O)OC(C)(C)C. The molecule has 2 amide bonds. The zero-order valence-corrected chi connectivity index (χ0v) is 21.9. The average molecular weight is 472 g/mol. The van der Waals surface area contributed by atoms with Crippen LogP contribution in [0.4, 0.5) is 9.59 Å². The molecule has 0 aromatic rings. The molecule has 9 nitrogen and oxygen atoms in total. The van der Waals surface area contributed by atoms with Crippen molar-refractivity contribution in [3.05, 3.63) is 12.2 Å². The Morgan fingerprint density at radius 2 is 1.18 bits per heavy atom. The van der Waals surface area contributed by atoms with Gasteiger partial charge >= 0.3 is 24.1 Å². The first kappa shape index (κ1) is 30.4. The fraction of sp³-hybridized carbons (Fsp3) is 0.750. The molecule has 0 aromatic heterocycles. The summed E-state index contributed by atoms with van der Waals surface area (Å²) in [6.07, 6.45) is 0.568. The quantitative estimate of drug-likeness (QED) is 0.285. The summed E-state index contributed by atoms with van der Waals surface area (Å²) in [7, 11) is 0. The highest BCUT2D eigenvalue weighted by atomic mass is 16.6. The highest BCUT2D eigenvalue weighted by Crippen LogP contribution is 2.22. The van der Waals surface area contributed by atoms with E-state index in [4.69, 9.17) is 18.9 Å². The smallest absolute Gasteiger partial charge is 0.420 e. The molecule has 0 bridgehead atoms. The molecule has 0 saturated carbocycles. The number of allylic oxidation sites excluding steroid dienone is 1. The number of carbonyl (C=O) groups is 4. The van der Waals surface area contributed by atoms with Crippen LogP contribution >= 0.6 is 0 Å². The van der Waals surface area contributed by atoms with Gasteiger partial charge in [-0.3, -0.25) is 0 Å². The second-order valence-corrected chi connectivity index (χ2v) is 10.8. The van der Waals surface area contributed by atoms with E-state index in [1.165, 1.54) is 12.2 Å². The molecule has 0 rings (SSSR count). The minimum absolute atomic E-state index is 0.0150. The summed E-state index contributed by atoms with van der Waals surface area (Å²) in [5.74, 6) is -1.33. The largest absolute Gasteiger partial charge is 0.460 e. The molecule has 1 unspecified atom stereocenters. The molecule has 190 valence electrons. The summed E-state index contributed by atoms with van der Waals surface area (Å²) < 4.78 is 21.2. The van der Waals surface area contributed by atoms with E-state index in [1.807, 2.05) is 0 Å². The van der Waals surface area contributed by atoms with E-state index in [9.17, 15) is 19.2 Å². The van der Waals surface area contributed by atoms with Crippen molar-refractivity contribution in [1.29, 1.82) is 0 Å². The number of rotatable bonds is 7. The Hall–Kier alpha value is -2.58. The minimum Gasteiger partial charge on any atom is -0.460 e. The number of carbonyl (C=O) groups excluding carboxylic acids is 4. The van der Waals surface area contributed by atoms with Crippen molar-refractivity contribution in [3.63, 3.8) is 0 Å². The summed E-state index contributed by atoms with van der Waals surface area (Å²) >= 11 is 0. The fourth-order valence-corrected chi connectivity index (χ4v) is 2.38. The van der Waals surface area contributed by atoms with E-state index in [1.54, 1.807) is 76.2 Å². The molecule has 0 heterocycles. The lowest BCUT2D eigenvalue weighted by Gasteiger charge is -2.33. The third-order valence-corrected chi connectivity index (χ3v) is 3.38. The molecule has 0 fully saturated rings. The monoisotopic (exact) mass is 471 g/mol. The summed E-state index contributed by atoms with van der Waals surface area (Å²) in [5.41, 5.74) is -2.70. The first-order valence-corrected chi connectivity index (χ1v) is 11.1. The molecule has 0 saturated heterocycles. The second kappa shape index (κ2) is 12.0. The Kier molecular flexibility index (Phi) is 11.1. The Morgan fingerprint density at radius 3 is 1.55 bits per heavy atom. The average Bonchev–Trinajstić information content (AvgIpc) is 2.51. The number of ether oxygens (including phenoxy) is 4. The van der Waals surface area contributed by atoms with Gasteiger partial charge < -0.3 is 18.9 Å². The lowest BCUT2D eigenvalue weighted by atomic mass is 10.1. The third kappa shape index (κ3) is 14.2. The molecule has 1 atom stereocenters. The number of amides is 2. The van der Waals surface area contributed by atoms with E-state index >= 15 is 0 Å². The molecule has 0 aliphatic carbocycles. The molecule has 33 heavy (non-hydrogen) atoms. The van der Waals surface area contributed by atoms with Crippen molar-refractivity contribution in [1.82, 2.24) is 4.90 Å². The maximum absolute atomic E-state index is 13.0. The van der Waals surface area contributed by atoms with Gasteiger partial charge in [0.25, 0.3) is 0 Å². The van der Waals surface area contributed by atoms with Gasteiger partial charge in [-0.1, -0.05) is 6.08 Å². The first-order valence-electron chi connectivity index (χ1n) is 11.1. The Labute approximate surface area is 197 Å². The third-order valence-electron chi connectivity index (χ3n) is 3.38. The van der Waals surface area contributed by atoms with Gasteiger partial charge in [-0.15, -0.1) is 0 Å². The van der Waals surface area contributed by atoms with E-state index in [2.05, 4.69) is 0 Å². The zero-order chi connectivity index (χ0) is 26.2. The highest BCUT2D eigenvalue weighted by molar-refractivity contribution is 5.94. The van der Waals surface area contributed by atoms with Crippen LogP contribution in [0, 0.1) is 0 Å². The number of hydrogen-bond acceptors (Lipinski definition) is 8. The van der Waals surface area contributed by atoms with E-state index in [-0.39, 0.29) is 18.9 Å². The molecule has 0 aliphatic heterocycles. The van der Waals surface area contributed by atoms with Gasteiger partial charge in [0, 0.05) is 6.08 Å². The van der Waals surface area contributed by atoms with E-state index < -0.39 is 47.0 Å². The van der Waals surface area contributed by atoms with Crippen LogP contribution in [0.2, 0.25) is 0 Å².